The number of unbranched alkanes of at least 4 members (excludes halogenated alkanes) is 1. The van der Waals surface area contributed by atoms with E-state index in [0.29, 0.717) is 0 Å². The van der Waals surface area contributed by atoms with Crippen LogP contribution in [0.3, 0.4) is 0 Å². The third-order valence-electron chi connectivity index (χ3n) is 0.787. The van der Waals surface area contributed by atoms with Crippen LogP contribution in [0.4, 0.5) is 0 Å². The Kier molecular flexibility index (Phi) is 5.59. The number of hydrogen-bond acceptors (Lipinski definition) is 3. The van der Waals surface area contributed by atoms with Crippen molar-refractivity contribution in [1.29, 1.82) is 0 Å². The molecule has 0 saturated heterocycles. The van der Waals surface area contributed by atoms with E-state index in [0.717, 1.165) is 19.4 Å². The monoisotopic (exact) mass is 135 g/mol. The first kappa shape index (κ1) is 8.27. The van der Waals surface area contributed by atoms with Gasteiger partial charge in [-0.25, -0.2) is 0 Å². The Bertz CT molecular complexity index is 49.7. The summed E-state index contributed by atoms with van der Waals surface area (Å²) in [5, 5.41) is 0. The Morgan fingerprint density at radius 2 is 2.38 bits per heavy atom. The molecular weight excluding hydrogens is 122 g/mol. The molecule has 0 amide bonds. The summed E-state index contributed by atoms with van der Waals surface area (Å²) in [6.45, 7) is 2.83. The number of nitrogens with two attached hydrogens (primary N) is 1. The van der Waals surface area contributed by atoms with Crippen molar-refractivity contribution in [2.45, 2.75) is 25.3 Å². The molecule has 0 aliphatic carbocycles. The molecule has 0 aromatic carbocycles. The minimum Gasteiger partial charge on any atom is -0.354 e. The zero-order valence-corrected chi connectivity index (χ0v) is 6.03. The zero-order valence-electron chi connectivity index (χ0n) is 5.13. The number of ether oxygens (including phenoxy) is 1. The highest BCUT2D eigenvalue weighted by atomic mass is 32.1. The van der Waals surface area contributed by atoms with Crippen LogP contribution in [0.1, 0.15) is 19.8 Å². The van der Waals surface area contributed by atoms with Gasteiger partial charge in [0.05, 0.1) is 0 Å². The van der Waals surface area contributed by atoms with E-state index in [-0.39, 0.29) is 0 Å². The van der Waals surface area contributed by atoms with E-state index in [2.05, 4.69) is 19.6 Å². The lowest BCUT2D eigenvalue weighted by molar-refractivity contribution is 0.115. The van der Waals surface area contributed by atoms with Crippen LogP contribution in [0.15, 0.2) is 0 Å². The number of rotatable bonds is 4. The molecule has 0 radical (unpaired) electrons. The van der Waals surface area contributed by atoms with Gasteiger partial charge < -0.3 is 4.74 Å². The van der Waals surface area contributed by atoms with Gasteiger partial charge in [-0.15, -0.1) is 12.6 Å². The van der Waals surface area contributed by atoms with Crippen molar-refractivity contribution in [2.75, 3.05) is 6.61 Å². The smallest absolute Gasteiger partial charge is 0.150 e. The minimum absolute atomic E-state index is 0.401. The summed E-state index contributed by atoms with van der Waals surface area (Å²) in [5.74, 6) is 0. The molecule has 0 saturated carbocycles. The summed E-state index contributed by atoms with van der Waals surface area (Å²) in [7, 11) is 0. The molecule has 0 aliphatic rings. The van der Waals surface area contributed by atoms with Gasteiger partial charge in [0, 0.05) is 6.61 Å². The molecule has 2 N–H and O–H groups in total. The van der Waals surface area contributed by atoms with Crippen molar-refractivity contribution in [2.24, 2.45) is 5.73 Å². The van der Waals surface area contributed by atoms with Crippen LogP contribution in [0.5, 0.6) is 0 Å². The number of thiol groups is 1. The summed E-state index contributed by atoms with van der Waals surface area (Å²) in [6.07, 6.45) is 2.20. The molecule has 0 fully saturated rings. The van der Waals surface area contributed by atoms with Crippen molar-refractivity contribution < 1.29 is 4.74 Å². The molecule has 0 aromatic heterocycles. The highest BCUT2D eigenvalue weighted by Gasteiger charge is 1.89. The average molecular weight is 135 g/mol. The summed E-state index contributed by atoms with van der Waals surface area (Å²) in [5.41, 5.74) is 4.77. The summed E-state index contributed by atoms with van der Waals surface area (Å²) < 4.78 is 4.92. The Labute approximate surface area is 55.8 Å². The van der Waals surface area contributed by atoms with Crippen LogP contribution >= 0.6 is 12.6 Å². The standard InChI is InChI=1S/C5H13NOS/c1-2-3-4-7-5(6)8/h5,8H,2-4,6H2,1H3/t5-/m1/s1. The predicted molar refractivity (Wildman–Crippen MR) is 37.8 cm³/mol. The second kappa shape index (κ2) is 5.41. The molecule has 0 bridgehead atoms. The lowest BCUT2D eigenvalue weighted by Gasteiger charge is -2.03. The van der Waals surface area contributed by atoms with Gasteiger partial charge in [0.15, 0.2) is 5.56 Å². The lowest BCUT2D eigenvalue weighted by atomic mass is 10.4. The first-order chi connectivity index (χ1) is 3.77. The number of hydrogen-bond donors (Lipinski definition) is 2. The van der Waals surface area contributed by atoms with Gasteiger partial charge in [0.2, 0.25) is 0 Å². The maximum Gasteiger partial charge on any atom is 0.150 e. The van der Waals surface area contributed by atoms with E-state index < -0.39 is 5.56 Å². The summed E-state index contributed by atoms with van der Waals surface area (Å²) >= 11 is 3.83. The molecule has 50 valence electrons. The topological polar surface area (TPSA) is 35.2 Å². The summed E-state index contributed by atoms with van der Waals surface area (Å²) in [6, 6.07) is 0. The molecule has 2 nitrogen and oxygen atoms in total. The van der Waals surface area contributed by atoms with Crippen LogP contribution in [0, 0.1) is 0 Å². The molecule has 0 aliphatic heterocycles. The second-order valence-electron chi connectivity index (χ2n) is 1.61. The van der Waals surface area contributed by atoms with Crippen LogP contribution in [-0.4, -0.2) is 12.2 Å². The average Bonchev–Trinajstić information content (AvgIpc) is 1.66. The van der Waals surface area contributed by atoms with E-state index in [1.165, 1.54) is 0 Å². The largest absolute Gasteiger partial charge is 0.354 e. The fourth-order valence-corrected chi connectivity index (χ4v) is 0.454. The van der Waals surface area contributed by atoms with E-state index in [1.807, 2.05) is 0 Å². The van der Waals surface area contributed by atoms with Crippen molar-refractivity contribution in [1.82, 2.24) is 0 Å². The van der Waals surface area contributed by atoms with Gasteiger partial charge in [-0.3, -0.25) is 5.73 Å². The van der Waals surface area contributed by atoms with Crippen molar-refractivity contribution >= 4 is 12.6 Å². The normalized spacial score (nSPS) is 13.9. The molecular formula is C5H13NOS. The van der Waals surface area contributed by atoms with E-state index in [4.69, 9.17) is 10.5 Å². The Morgan fingerprint density at radius 3 is 2.75 bits per heavy atom. The van der Waals surface area contributed by atoms with E-state index in [1.54, 1.807) is 0 Å². The third-order valence-corrected chi connectivity index (χ3v) is 0.936. The molecule has 8 heavy (non-hydrogen) atoms. The zero-order chi connectivity index (χ0) is 6.41. The van der Waals surface area contributed by atoms with Gasteiger partial charge >= 0.3 is 0 Å². The minimum atomic E-state index is -0.401. The van der Waals surface area contributed by atoms with Crippen LogP contribution in [0.2, 0.25) is 0 Å². The molecule has 0 rings (SSSR count). The van der Waals surface area contributed by atoms with Crippen LogP contribution in [-0.2, 0) is 4.74 Å². The van der Waals surface area contributed by atoms with Crippen molar-refractivity contribution in [3.63, 3.8) is 0 Å². The molecule has 0 aromatic rings. The van der Waals surface area contributed by atoms with Crippen molar-refractivity contribution in [3.8, 4) is 0 Å². The Hall–Kier alpha value is 0.270. The van der Waals surface area contributed by atoms with E-state index >= 15 is 0 Å². The molecule has 0 spiro atoms. The highest BCUT2D eigenvalue weighted by Crippen LogP contribution is 1.91. The lowest BCUT2D eigenvalue weighted by Crippen LogP contribution is -2.16. The van der Waals surface area contributed by atoms with E-state index in [9.17, 15) is 0 Å². The van der Waals surface area contributed by atoms with Gasteiger partial charge in [0.25, 0.3) is 0 Å². The quantitative estimate of drug-likeness (QED) is 0.342. The van der Waals surface area contributed by atoms with Gasteiger partial charge in [-0.1, -0.05) is 13.3 Å². The molecule has 1 atom stereocenters. The molecule has 0 heterocycles. The SMILES string of the molecule is CCCCO[C@@H](N)S. The molecule has 3 heteroatoms. The maximum absolute atomic E-state index is 5.18. The van der Waals surface area contributed by atoms with Crippen LogP contribution < -0.4 is 5.73 Å². The third kappa shape index (κ3) is 6.27. The summed E-state index contributed by atoms with van der Waals surface area (Å²) in [4.78, 5) is 0. The maximum atomic E-state index is 5.18. The molecule has 0 unspecified atom stereocenters. The van der Waals surface area contributed by atoms with Gasteiger partial charge in [0.1, 0.15) is 0 Å². The first-order valence-corrected chi connectivity index (χ1v) is 3.34. The Balaban J connectivity index is 2.72. The first-order valence-electron chi connectivity index (χ1n) is 2.82. The van der Waals surface area contributed by atoms with Crippen LogP contribution in [0.25, 0.3) is 0 Å². The van der Waals surface area contributed by atoms with Gasteiger partial charge in [-0.05, 0) is 6.42 Å². The highest BCUT2D eigenvalue weighted by molar-refractivity contribution is 7.80. The van der Waals surface area contributed by atoms with Crippen molar-refractivity contribution in [3.05, 3.63) is 0 Å². The fraction of sp³-hybridized carbons (Fsp3) is 1.00. The predicted octanol–water partition coefficient (Wildman–Crippen LogP) is 0.975. The van der Waals surface area contributed by atoms with Gasteiger partial charge in [-0.2, -0.15) is 0 Å². The fourth-order valence-electron chi connectivity index (χ4n) is 0.348. The second-order valence-corrected chi connectivity index (χ2v) is 2.12. The Morgan fingerprint density at radius 1 is 1.75 bits per heavy atom.